The zero-order valence-electron chi connectivity index (χ0n) is 10.7. The number of halogens is 1. The van der Waals surface area contributed by atoms with Crippen molar-refractivity contribution in [2.45, 2.75) is 0 Å². The van der Waals surface area contributed by atoms with Gasteiger partial charge in [0, 0.05) is 26.6 Å². The molecule has 0 atom stereocenters. The van der Waals surface area contributed by atoms with Crippen LogP contribution in [0, 0.1) is 0 Å². The number of fused-ring (bicyclic) bond motifs is 1. The minimum atomic E-state index is 0.0332. The Hall–Kier alpha value is -1.65. The van der Waals surface area contributed by atoms with E-state index in [1.165, 1.54) is 0 Å². The summed E-state index contributed by atoms with van der Waals surface area (Å²) in [6.45, 7) is 0. The van der Waals surface area contributed by atoms with Gasteiger partial charge in [0.05, 0.1) is 11.6 Å². The average molecular weight is 347 g/mol. The first-order valence-electron chi connectivity index (χ1n) is 6.05. The van der Waals surface area contributed by atoms with Gasteiger partial charge >= 0.3 is 0 Å². The third-order valence-electron chi connectivity index (χ3n) is 3.14. The molecule has 100 valence electrons. The van der Waals surface area contributed by atoms with E-state index in [0.29, 0.717) is 5.56 Å². The topological polar surface area (TPSA) is 26.3 Å². The SMILES string of the molecule is COc1ccc(C(=O)c2csc3ccccc23)cc1Br. The van der Waals surface area contributed by atoms with E-state index >= 15 is 0 Å². The molecule has 0 aliphatic carbocycles. The number of carbonyl (C=O) groups is 1. The molecule has 1 heterocycles. The Morgan fingerprint density at radius 1 is 1.20 bits per heavy atom. The van der Waals surface area contributed by atoms with Crippen LogP contribution < -0.4 is 4.74 Å². The smallest absolute Gasteiger partial charge is 0.194 e. The first kappa shape index (κ1) is 13.3. The van der Waals surface area contributed by atoms with Gasteiger partial charge in [-0.05, 0) is 40.2 Å². The molecular formula is C16H11BrO2S. The fraction of sp³-hybridized carbons (Fsp3) is 0.0625. The highest BCUT2D eigenvalue weighted by molar-refractivity contribution is 9.10. The number of methoxy groups -OCH3 is 1. The summed E-state index contributed by atoms with van der Waals surface area (Å²) in [6.07, 6.45) is 0. The lowest BCUT2D eigenvalue weighted by atomic mass is 10.0. The van der Waals surface area contributed by atoms with Gasteiger partial charge in [-0.1, -0.05) is 18.2 Å². The maximum Gasteiger partial charge on any atom is 0.194 e. The molecule has 0 spiro atoms. The van der Waals surface area contributed by atoms with E-state index in [2.05, 4.69) is 15.9 Å². The summed E-state index contributed by atoms with van der Waals surface area (Å²) < 4.78 is 7.10. The first-order chi connectivity index (χ1) is 9.70. The second-order valence-electron chi connectivity index (χ2n) is 4.32. The summed E-state index contributed by atoms with van der Waals surface area (Å²) in [6, 6.07) is 13.3. The Kier molecular flexibility index (Phi) is 3.59. The number of hydrogen-bond donors (Lipinski definition) is 0. The lowest BCUT2D eigenvalue weighted by Crippen LogP contribution is -2.00. The number of benzene rings is 2. The van der Waals surface area contributed by atoms with Crippen LogP contribution >= 0.6 is 27.3 Å². The molecule has 0 saturated heterocycles. The van der Waals surface area contributed by atoms with E-state index in [-0.39, 0.29) is 5.78 Å². The van der Waals surface area contributed by atoms with Crippen LogP contribution in [0.1, 0.15) is 15.9 Å². The van der Waals surface area contributed by atoms with Crippen LogP contribution in [-0.2, 0) is 0 Å². The van der Waals surface area contributed by atoms with Crippen molar-refractivity contribution in [2.75, 3.05) is 7.11 Å². The lowest BCUT2D eigenvalue weighted by molar-refractivity contribution is 0.104. The number of ketones is 1. The molecule has 0 aliphatic rings. The number of hydrogen-bond acceptors (Lipinski definition) is 3. The molecule has 3 aromatic rings. The van der Waals surface area contributed by atoms with Gasteiger partial charge < -0.3 is 4.74 Å². The highest BCUT2D eigenvalue weighted by Gasteiger charge is 2.15. The van der Waals surface area contributed by atoms with Crippen LogP contribution in [0.5, 0.6) is 5.75 Å². The van der Waals surface area contributed by atoms with Crippen LogP contribution in [0.25, 0.3) is 10.1 Å². The molecule has 0 N–H and O–H groups in total. The zero-order chi connectivity index (χ0) is 14.1. The van der Waals surface area contributed by atoms with Crippen molar-refractivity contribution in [1.82, 2.24) is 0 Å². The predicted octanol–water partition coefficient (Wildman–Crippen LogP) is 4.90. The number of rotatable bonds is 3. The molecule has 20 heavy (non-hydrogen) atoms. The minimum absolute atomic E-state index is 0.0332. The second kappa shape index (κ2) is 5.38. The molecular weight excluding hydrogens is 336 g/mol. The van der Waals surface area contributed by atoms with E-state index < -0.39 is 0 Å². The largest absolute Gasteiger partial charge is 0.496 e. The van der Waals surface area contributed by atoms with Crippen molar-refractivity contribution in [2.24, 2.45) is 0 Å². The van der Waals surface area contributed by atoms with E-state index in [9.17, 15) is 4.79 Å². The molecule has 3 rings (SSSR count). The van der Waals surface area contributed by atoms with E-state index in [1.54, 1.807) is 36.6 Å². The summed E-state index contributed by atoms with van der Waals surface area (Å²) in [4.78, 5) is 12.6. The molecule has 0 saturated carbocycles. The van der Waals surface area contributed by atoms with Crippen molar-refractivity contribution in [3.63, 3.8) is 0 Å². The van der Waals surface area contributed by atoms with Gasteiger partial charge in [-0.25, -0.2) is 0 Å². The van der Waals surface area contributed by atoms with Crippen LogP contribution in [0.15, 0.2) is 52.3 Å². The van der Waals surface area contributed by atoms with Crippen LogP contribution in [0.3, 0.4) is 0 Å². The Morgan fingerprint density at radius 3 is 2.75 bits per heavy atom. The molecule has 2 aromatic carbocycles. The fourth-order valence-electron chi connectivity index (χ4n) is 2.12. The van der Waals surface area contributed by atoms with Gasteiger partial charge in [0.25, 0.3) is 0 Å². The Morgan fingerprint density at radius 2 is 2.00 bits per heavy atom. The molecule has 0 bridgehead atoms. The van der Waals surface area contributed by atoms with Gasteiger partial charge in [0.15, 0.2) is 5.78 Å². The van der Waals surface area contributed by atoms with E-state index in [1.807, 2.05) is 29.6 Å². The third kappa shape index (κ3) is 2.25. The summed E-state index contributed by atoms with van der Waals surface area (Å²) in [5, 5.41) is 2.93. The van der Waals surface area contributed by atoms with Gasteiger partial charge in [-0.2, -0.15) is 0 Å². The number of thiophene rings is 1. The van der Waals surface area contributed by atoms with Crippen molar-refractivity contribution >= 4 is 43.1 Å². The quantitative estimate of drug-likeness (QED) is 0.630. The van der Waals surface area contributed by atoms with Crippen LogP contribution in [0.2, 0.25) is 0 Å². The molecule has 1 aromatic heterocycles. The molecule has 0 unspecified atom stereocenters. The summed E-state index contributed by atoms with van der Waals surface area (Å²) in [5.74, 6) is 0.752. The standard InChI is InChI=1S/C16H11BrO2S/c1-19-14-7-6-10(8-13(14)17)16(18)12-9-20-15-5-3-2-4-11(12)15/h2-9H,1H3. The van der Waals surface area contributed by atoms with Crippen molar-refractivity contribution in [1.29, 1.82) is 0 Å². The fourth-order valence-corrected chi connectivity index (χ4v) is 3.60. The minimum Gasteiger partial charge on any atom is -0.496 e. The number of ether oxygens (including phenoxy) is 1. The lowest BCUT2D eigenvalue weighted by Gasteiger charge is -2.05. The van der Waals surface area contributed by atoms with Gasteiger partial charge in [-0.3, -0.25) is 4.79 Å². The van der Waals surface area contributed by atoms with Gasteiger partial charge in [0.2, 0.25) is 0 Å². The van der Waals surface area contributed by atoms with Crippen molar-refractivity contribution in [3.05, 3.63) is 63.4 Å². The van der Waals surface area contributed by atoms with Gasteiger partial charge in [0.1, 0.15) is 5.75 Å². The third-order valence-corrected chi connectivity index (χ3v) is 4.72. The Balaban J connectivity index is 2.06. The molecule has 0 fully saturated rings. The molecule has 4 heteroatoms. The predicted molar refractivity (Wildman–Crippen MR) is 86.0 cm³/mol. The van der Waals surface area contributed by atoms with Crippen molar-refractivity contribution in [3.8, 4) is 5.75 Å². The maximum absolute atomic E-state index is 12.6. The van der Waals surface area contributed by atoms with Crippen LogP contribution in [0.4, 0.5) is 0 Å². The Bertz CT molecular complexity index is 792. The molecule has 0 amide bonds. The van der Waals surface area contributed by atoms with E-state index in [0.717, 1.165) is 25.9 Å². The average Bonchev–Trinajstić information content (AvgIpc) is 2.90. The monoisotopic (exact) mass is 346 g/mol. The van der Waals surface area contributed by atoms with E-state index in [4.69, 9.17) is 4.74 Å². The van der Waals surface area contributed by atoms with Gasteiger partial charge in [-0.15, -0.1) is 11.3 Å². The van der Waals surface area contributed by atoms with Crippen LogP contribution in [-0.4, -0.2) is 12.9 Å². The molecule has 0 aliphatic heterocycles. The summed E-state index contributed by atoms with van der Waals surface area (Å²) in [5.41, 5.74) is 1.41. The molecule has 2 nitrogen and oxygen atoms in total. The molecule has 0 radical (unpaired) electrons. The highest BCUT2D eigenvalue weighted by atomic mass is 79.9. The normalized spacial score (nSPS) is 10.7. The maximum atomic E-state index is 12.6. The first-order valence-corrected chi connectivity index (χ1v) is 7.72. The summed E-state index contributed by atoms with van der Waals surface area (Å²) in [7, 11) is 1.61. The summed E-state index contributed by atoms with van der Waals surface area (Å²) >= 11 is 5.01. The Labute approximate surface area is 129 Å². The zero-order valence-corrected chi connectivity index (χ0v) is 13.1. The highest BCUT2D eigenvalue weighted by Crippen LogP contribution is 2.30. The number of carbonyl (C=O) groups excluding carboxylic acids is 1. The second-order valence-corrected chi connectivity index (χ2v) is 6.09. The van der Waals surface area contributed by atoms with Crippen molar-refractivity contribution < 1.29 is 9.53 Å².